The van der Waals surface area contributed by atoms with E-state index in [0.717, 1.165) is 44.1 Å². The van der Waals surface area contributed by atoms with E-state index in [1.54, 1.807) is 0 Å². The fourth-order valence-corrected chi connectivity index (χ4v) is 3.68. The minimum Gasteiger partial charge on any atom is -0.484 e. The molecule has 1 fully saturated rings. The summed E-state index contributed by atoms with van der Waals surface area (Å²) >= 11 is 1.83. The van der Waals surface area contributed by atoms with Crippen molar-refractivity contribution in [3.8, 4) is 5.75 Å². The number of thioether (sulfide) groups is 1. The normalized spacial score (nSPS) is 13.1. The van der Waals surface area contributed by atoms with Crippen molar-refractivity contribution in [2.24, 2.45) is 4.99 Å². The van der Waals surface area contributed by atoms with E-state index in [2.05, 4.69) is 52.1 Å². The first kappa shape index (κ1) is 26.3. The van der Waals surface area contributed by atoms with Crippen molar-refractivity contribution in [1.29, 1.82) is 0 Å². The van der Waals surface area contributed by atoms with Crippen LogP contribution in [-0.4, -0.2) is 49.9 Å². The summed E-state index contributed by atoms with van der Waals surface area (Å²) in [5.74, 6) is 2.49. The molecule has 0 aromatic heterocycles. The molecule has 2 aromatic carbocycles. The fourth-order valence-electron chi connectivity index (χ4n) is 2.89. The third-order valence-electron chi connectivity index (χ3n) is 4.66. The number of hydrogen-bond acceptors (Lipinski definition) is 4. The first-order valence-corrected chi connectivity index (χ1v) is 11.9. The van der Waals surface area contributed by atoms with E-state index in [1.165, 1.54) is 10.5 Å². The van der Waals surface area contributed by atoms with Crippen molar-refractivity contribution in [3.05, 3.63) is 60.2 Å². The van der Waals surface area contributed by atoms with E-state index in [-0.39, 0.29) is 36.5 Å². The first-order valence-electron chi connectivity index (χ1n) is 10.9. The van der Waals surface area contributed by atoms with Crippen LogP contribution in [-0.2, 0) is 11.2 Å². The second-order valence-electron chi connectivity index (χ2n) is 7.37. The third kappa shape index (κ3) is 10.6. The molecule has 0 aliphatic heterocycles. The second-order valence-corrected chi connectivity index (χ2v) is 8.54. The van der Waals surface area contributed by atoms with Crippen LogP contribution >= 0.6 is 35.7 Å². The average molecular weight is 569 g/mol. The highest BCUT2D eigenvalue weighted by Crippen LogP contribution is 2.18. The lowest BCUT2D eigenvalue weighted by molar-refractivity contribution is -0.123. The molecule has 0 saturated heterocycles. The Labute approximate surface area is 212 Å². The maximum absolute atomic E-state index is 11.7. The highest BCUT2D eigenvalue weighted by atomic mass is 127. The lowest BCUT2D eigenvalue weighted by Gasteiger charge is -2.11. The van der Waals surface area contributed by atoms with Crippen LogP contribution in [0.15, 0.2) is 64.5 Å². The monoisotopic (exact) mass is 568 g/mol. The molecular weight excluding hydrogens is 535 g/mol. The molecule has 3 rings (SSSR count). The zero-order chi connectivity index (χ0) is 21.7. The number of guanidine groups is 1. The number of nitrogens with one attached hydrogen (secondary N) is 3. The average Bonchev–Trinajstić information content (AvgIpc) is 3.61. The molecule has 3 N–H and O–H groups in total. The Morgan fingerprint density at radius 2 is 1.84 bits per heavy atom. The Balaban J connectivity index is 0.00000363. The summed E-state index contributed by atoms with van der Waals surface area (Å²) < 4.78 is 5.55. The van der Waals surface area contributed by atoms with Crippen molar-refractivity contribution >= 4 is 47.6 Å². The topological polar surface area (TPSA) is 74.8 Å². The first-order chi connectivity index (χ1) is 15.2. The van der Waals surface area contributed by atoms with Gasteiger partial charge in [-0.1, -0.05) is 30.3 Å². The van der Waals surface area contributed by atoms with Gasteiger partial charge >= 0.3 is 0 Å². The molecule has 0 bridgehead atoms. The maximum Gasteiger partial charge on any atom is 0.258 e. The van der Waals surface area contributed by atoms with Gasteiger partial charge in [0.25, 0.3) is 5.91 Å². The molecule has 6 nitrogen and oxygen atoms in total. The van der Waals surface area contributed by atoms with Gasteiger partial charge in [-0.2, -0.15) is 0 Å². The molecule has 8 heteroatoms. The van der Waals surface area contributed by atoms with Crippen LogP contribution in [0.25, 0.3) is 0 Å². The molecule has 1 aliphatic rings. The molecule has 1 aliphatic carbocycles. The smallest absolute Gasteiger partial charge is 0.258 e. The highest BCUT2D eigenvalue weighted by Gasteiger charge is 2.23. The molecule has 0 unspecified atom stereocenters. The standard InChI is InChI=1S/C24H32N4O2S.HI/c1-2-25-24(27-16-17-31-22-6-4-3-5-7-22)26-15-14-19-8-12-21(13-9-19)30-18-23(29)28-20-10-11-20;/h3-9,12-13,20H,2,10-11,14-18H2,1H3,(H,28,29)(H2,25,26,27);1H. The van der Waals surface area contributed by atoms with Gasteiger partial charge in [0, 0.05) is 36.3 Å². The maximum atomic E-state index is 11.7. The summed E-state index contributed by atoms with van der Waals surface area (Å²) in [4.78, 5) is 17.6. The Kier molecular flexibility index (Phi) is 12.3. The number of aliphatic imine (C=N–C) groups is 1. The van der Waals surface area contributed by atoms with Crippen LogP contribution < -0.4 is 20.7 Å². The molecule has 1 saturated carbocycles. The molecule has 32 heavy (non-hydrogen) atoms. The van der Waals surface area contributed by atoms with Crippen LogP contribution in [0, 0.1) is 0 Å². The van der Waals surface area contributed by atoms with Gasteiger partial charge in [0.15, 0.2) is 12.6 Å². The van der Waals surface area contributed by atoms with E-state index < -0.39 is 0 Å². The van der Waals surface area contributed by atoms with Gasteiger partial charge in [-0.3, -0.25) is 9.79 Å². The lowest BCUT2D eigenvalue weighted by Crippen LogP contribution is -2.38. The predicted octanol–water partition coefficient (Wildman–Crippen LogP) is 3.85. The van der Waals surface area contributed by atoms with Gasteiger partial charge < -0.3 is 20.7 Å². The number of hydrogen-bond donors (Lipinski definition) is 3. The summed E-state index contributed by atoms with van der Waals surface area (Å²) in [5, 5.41) is 9.60. The Hall–Kier alpha value is -1.94. The molecule has 174 valence electrons. The molecule has 0 heterocycles. The van der Waals surface area contributed by atoms with Gasteiger partial charge in [-0.05, 0) is 56.0 Å². The summed E-state index contributed by atoms with van der Waals surface area (Å²) in [6.07, 6.45) is 3.01. The lowest BCUT2D eigenvalue weighted by atomic mass is 10.1. The summed E-state index contributed by atoms with van der Waals surface area (Å²) in [5.41, 5.74) is 1.19. The number of rotatable bonds is 12. The number of ether oxygens (including phenoxy) is 1. The molecule has 1 amide bonds. The van der Waals surface area contributed by atoms with Gasteiger partial charge in [0.1, 0.15) is 5.75 Å². The van der Waals surface area contributed by atoms with Crippen molar-refractivity contribution in [2.45, 2.75) is 37.1 Å². The zero-order valence-corrected chi connectivity index (χ0v) is 21.7. The predicted molar refractivity (Wildman–Crippen MR) is 143 cm³/mol. The Morgan fingerprint density at radius 3 is 2.53 bits per heavy atom. The van der Waals surface area contributed by atoms with Crippen LogP contribution in [0.2, 0.25) is 0 Å². The van der Waals surface area contributed by atoms with Crippen molar-refractivity contribution in [1.82, 2.24) is 16.0 Å². The van der Waals surface area contributed by atoms with Gasteiger partial charge in [-0.15, -0.1) is 35.7 Å². The SMILES string of the molecule is CCNC(=NCCc1ccc(OCC(=O)NC2CC2)cc1)NCCSc1ccccc1.I. The van der Waals surface area contributed by atoms with Crippen molar-refractivity contribution < 1.29 is 9.53 Å². The van der Waals surface area contributed by atoms with Crippen molar-refractivity contribution in [2.75, 3.05) is 32.0 Å². The summed E-state index contributed by atoms with van der Waals surface area (Å²) in [6.45, 7) is 4.52. The van der Waals surface area contributed by atoms with E-state index in [1.807, 2.05) is 42.1 Å². The Morgan fingerprint density at radius 1 is 1.09 bits per heavy atom. The number of benzene rings is 2. The van der Waals surface area contributed by atoms with Crippen molar-refractivity contribution in [3.63, 3.8) is 0 Å². The number of nitrogens with zero attached hydrogens (tertiary/aromatic N) is 1. The van der Waals surface area contributed by atoms with Gasteiger partial charge in [0.2, 0.25) is 0 Å². The second kappa shape index (κ2) is 15.0. The number of carbonyl (C=O) groups is 1. The molecule has 0 atom stereocenters. The van der Waals surface area contributed by atoms with E-state index in [4.69, 9.17) is 4.74 Å². The van der Waals surface area contributed by atoms with Crippen LogP contribution in [0.1, 0.15) is 25.3 Å². The molecular formula is C24H33IN4O2S. The number of carbonyl (C=O) groups excluding carboxylic acids is 1. The molecule has 0 spiro atoms. The Bertz CT molecular complexity index is 830. The van der Waals surface area contributed by atoms with Crippen LogP contribution in [0.3, 0.4) is 0 Å². The number of amides is 1. The quantitative estimate of drug-likeness (QED) is 0.119. The minimum absolute atomic E-state index is 0. The largest absolute Gasteiger partial charge is 0.484 e. The fraction of sp³-hybridized carbons (Fsp3) is 0.417. The molecule has 2 aromatic rings. The summed E-state index contributed by atoms with van der Waals surface area (Å²) in [7, 11) is 0. The third-order valence-corrected chi connectivity index (χ3v) is 5.67. The van der Waals surface area contributed by atoms with Gasteiger partial charge in [0.05, 0.1) is 0 Å². The summed E-state index contributed by atoms with van der Waals surface area (Å²) in [6, 6.07) is 18.7. The zero-order valence-electron chi connectivity index (χ0n) is 18.5. The van der Waals surface area contributed by atoms with E-state index in [9.17, 15) is 4.79 Å². The minimum atomic E-state index is -0.0495. The number of halogens is 1. The van der Waals surface area contributed by atoms with E-state index >= 15 is 0 Å². The van der Waals surface area contributed by atoms with E-state index in [0.29, 0.717) is 18.3 Å². The molecule has 0 radical (unpaired) electrons. The van der Waals surface area contributed by atoms with Crippen LogP contribution in [0.4, 0.5) is 0 Å². The van der Waals surface area contributed by atoms with Gasteiger partial charge in [-0.25, -0.2) is 0 Å². The van der Waals surface area contributed by atoms with Crippen LogP contribution in [0.5, 0.6) is 5.75 Å². The highest BCUT2D eigenvalue weighted by molar-refractivity contribution is 14.0.